The van der Waals surface area contributed by atoms with Crippen LogP contribution in [-0.2, 0) is 16.0 Å². The Kier molecular flexibility index (Phi) is 6.73. The average molecular weight is 449 g/mol. The number of nitrogens with one attached hydrogen (secondary N) is 1. The molecule has 0 fully saturated rings. The summed E-state index contributed by atoms with van der Waals surface area (Å²) < 4.78 is 21.6. The SMILES string of the molecule is CC(=O)c1ccc(-c2ccc(C(=O)OCC(=O)NCCc3ccc4c(c3)OCCO4)o2)cc1. The molecule has 170 valence electrons. The smallest absolute Gasteiger partial charge is 0.374 e. The molecule has 3 aromatic rings. The van der Waals surface area contributed by atoms with Gasteiger partial charge in [-0.1, -0.05) is 30.3 Å². The monoisotopic (exact) mass is 449 g/mol. The minimum atomic E-state index is -0.733. The second-order valence-corrected chi connectivity index (χ2v) is 7.45. The van der Waals surface area contributed by atoms with E-state index in [4.69, 9.17) is 18.6 Å². The number of benzene rings is 2. The largest absolute Gasteiger partial charge is 0.486 e. The van der Waals surface area contributed by atoms with E-state index < -0.39 is 18.5 Å². The lowest BCUT2D eigenvalue weighted by Crippen LogP contribution is -2.30. The van der Waals surface area contributed by atoms with Gasteiger partial charge in [-0.15, -0.1) is 0 Å². The minimum absolute atomic E-state index is 0.00952. The lowest BCUT2D eigenvalue weighted by molar-refractivity contribution is -0.124. The van der Waals surface area contributed by atoms with Crippen molar-refractivity contribution in [3.05, 3.63) is 71.5 Å². The van der Waals surface area contributed by atoms with E-state index in [0.717, 1.165) is 16.9 Å². The molecule has 33 heavy (non-hydrogen) atoms. The number of hydrogen-bond acceptors (Lipinski definition) is 7. The third-order valence-electron chi connectivity index (χ3n) is 5.06. The molecule has 1 aliphatic heterocycles. The van der Waals surface area contributed by atoms with Crippen LogP contribution in [0.15, 0.2) is 59.0 Å². The third-order valence-corrected chi connectivity index (χ3v) is 5.06. The molecule has 0 bridgehead atoms. The summed E-state index contributed by atoms with van der Waals surface area (Å²) in [6.07, 6.45) is 0.598. The van der Waals surface area contributed by atoms with E-state index in [-0.39, 0.29) is 11.5 Å². The van der Waals surface area contributed by atoms with Crippen molar-refractivity contribution in [1.29, 1.82) is 0 Å². The summed E-state index contributed by atoms with van der Waals surface area (Å²) in [6, 6.07) is 15.6. The third kappa shape index (κ3) is 5.60. The number of ether oxygens (including phenoxy) is 3. The van der Waals surface area contributed by atoms with Gasteiger partial charge in [0.15, 0.2) is 23.9 Å². The zero-order chi connectivity index (χ0) is 23.2. The molecule has 0 atom stereocenters. The first-order valence-electron chi connectivity index (χ1n) is 10.5. The van der Waals surface area contributed by atoms with Crippen molar-refractivity contribution in [2.24, 2.45) is 0 Å². The van der Waals surface area contributed by atoms with Gasteiger partial charge in [0.1, 0.15) is 19.0 Å². The number of fused-ring (bicyclic) bond motifs is 1. The number of furan rings is 1. The number of carbonyl (C=O) groups excluding carboxylic acids is 3. The number of hydrogen-bond donors (Lipinski definition) is 1. The highest BCUT2D eigenvalue weighted by molar-refractivity contribution is 5.94. The second kappa shape index (κ2) is 10.0. The maximum Gasteiger partial charge on any atom is 0.374 e. The van der Waals surface area contributed by atoms with Gasteiger partial charge in [0, 0.05) is 17.7 Å². The van der Waals surface area contributed by atoms with Crippen molar-refractivity contribution >= 4 is 17.7 Å². The molecular weight excluding hydrogens is 426 g/mol. The molecule has 2 aromatic carbocycles. The topological polar surface area (TPSA) is 104 Å². The summed E-state index contributed by atoms with van der Waals surface area (Å²) in [6.45, 7) is 2.52. The molecule has 8 nitrogen and oxygen atoms in total. The average Bonchev–Trinajstić information content (AvgIpc) is 3.33. The summed E-state index contributed by atoms with van der Waals surface area (Å²) >= 11 is 0. The summed E-state index contributed by atoms with van der Waals surface area (Å²) in [5.41, 5.74) is 2.30. The molecule has 4 rings (SSSR count). The zero-order valence-corrected chi connectivity index (χ0v) is 18.1. The summed E-state index contributed by atoms with van der Waals surface area (Å²) in [4.78, 5) is 35.6. The van der Waals surface area contributed by atoms with E-state index in [0.29, 0.717) is 43.3 Å². The van der Waals surface area contributed by atoms with Crippen LogP contribution in [0.1, 0.15) is 33.4 Å². The number of amides is 1. The van der Waals surface area contributed by atoms with Crippen LogP contribution in [0.4, 0.5) is 0 Å². The van der Waals surface area contributed by atoms with Gasteiger partial charge in [0.25, 0.3) is 5.91 Å². The first-order chi connectivity index (χ1) is 16.0. The molecule has 0 saturated heterocycles. The van der Waals surface area contributed by atoms with Crippen LogP contribution in [0.3, 0.4) is 0 Å². The van der Waals surface area contributed by atoms with Crippen molar-refractivity contribution in [2.45, 2.75) is 13.3 Å². The number of ketones is 1. The molecule has 1 amide bonds. The standard InChI is InChI=1S/C25H23NO7/c1-16(27)18-3-5-19(6-4-18)20-8-9-22(33-20)25(29)32-15-24(28)26-11-10-17-2-7-21-23(14-17)31-13-12-30-21/h2-9,14H,10-13,15H2,1H3,(H,26,28). The first-order valence-corrected chi connectivity index (χ1v) is 10.5. The summed E-state index contributed by atoms with van der Waals surface area (Å²) in [5, 5.41) is 2.72. The predicted molar refractivity (Wildman–Crippen MR) is 119 cm³/mol. The maximum absolute atomic E-state index is 12.2. The Bertz CT molecular complexity index is 1160. The Morgan fingerprint density at radius 2 is 1.70 bits per heavy atom. The molecular formula is C25H23NO7. The lowest BCUT2D eigenvalue weighted by atomic mass is 10.1. The predicted octanol–water partition coefficient (Wildman–Crippen LogP) is 3.44. The highest BCUT2D eigenvalue weighted by Crippen LogP contribution is 2.30. The molecule has 1 N–H and O–H groups in total. The zero-order valence-electron chi connectivity index (χ0n) is 18.1. The van der Waals surface area contributed by atoms with Crippen LogP contribution in [0.2, 0.25) is 0 Å². The molecule has 1 aromatic heterocycles. The number of esters is 1. The lowest BCUT2D eigenvalue weighted by Gasteiger charge is -2.18. The van der Waals surface area contributed by atoms with Crippen molar-refractivity contribution in [2.75, 3.05) is 26.4 Å². The fraction of sp³-hybridized carbons (Fsp3) is 0.240. The van der Waals surface area contributed by atoms with Gasteiger partial charge in [0.2, 0.25) is 5.76 Å². The summed E-state index contributed by atoms with van der Waals surface area (Å²) in [7, 11) is 0. The van der Waals surface area contributed by atoms with Crippen molar-refractivity contribution in [3.8, 4) is 22.8 Å². The van der Waals surface area contributed by atoms with Crippen molar-refractivity contribution in [3.63, 3.8) is 0 Å². The number of Topliss-reactive ketones (excluding diaryl/α,β-unsaturated/α-hetero) is 1. The van der Waals surface area contributed by atoms with Crippen molar-refractivity contribution in [1.82, 2.24) is 5.32 Å². The van der Waals surface area contributed by atoms with E-state index in [1.54, 1.807) is 30.3 Å². The van der Waals surface area contributed by atoms with Gasteiger partial charge in [-0.05, 0) is 43.2 Å². The van der Waals surface area contributed by atoms with Crippen LogP contribution in [0, 0.1) is 0 Å². The van der Waals surface area contributed by atoms with E-state index in [9.17, 15) is 14.4 Å². The second-order valence-electron chi connectivity index (χ2n) is 7.45. The maximum atomic E-state index is 12.2. The van der Waals surface area contributed by atoms with Crippen molar-refractivity contribution < 1.29 is 33.0 Å². The minimum Gasteiger partial charge on any atom is -0.486 e. The van der Waals surface area contributed by atoms with E-state index in [2.05, 4.69) is 5.32 Å². The van der Waals surface area contributed by atoms with Crippen LogP contribution >= 0.6 is 0 Å². The Balaban J connectivity index is 1.22. The van der Waals surface area contributed by atoms with Crippen LogP contribution in [-0.4, -0.2) is 44.0 Å². The Hall–Kier alpha value is -4.07. The van der Waals surface area contributed by atoms with Gasteiger partial charge in [-0.25, -0.2) is 4.79 Å². The molecule has 0 spiro atoms. The van der Waals surface area contributed by atoms with Gasteiger partial charge in [-0.3, -0.25) is 9.59 Å². The van der Waals surface area contributed by atoms with E-state index in [1.165, 1.54) is 13.0 Å². The quantitative estimate of drug-likeness (QED) is 0.415. The molecule has 0 saturated carbocycles. The van der Waals surface area contributed by atoms with Gasteiger partial charge in [-0.2, -0.15) is 0 Å². The summed E-state index contributed by atoms with van der Waals surface area (Å²) in [5.74, 6) is 0.693. The number of rotatable bonds is 8. The highest BCUT2D eigenvalue weighted by Gasteiger charge is 2.16. The van der Waals surface area contributed by atoms with Crippen LogP contribution < -0.4 is 14.8 Å². The van der Waals surface area contributed by atoms with Gasteiger partial charge >= 0.3 is 5.97 Å². The fourth-order valence-corrected chi connectivity index (χ4v) is 3.31. The molecule has 0 aliphatic carbocycles. The Labute approximate surface area is 190 Å². The van der Waals surface area contributed by atoms with E-state index >= 15 is 0 Å². The fourth-order valence-electron chi connectivity index (χ4n) is 3.31. The molecule has 2 heterocycles. The highest BCUT2D eigenvalue weighted by atomic mass is 16.6. The van der Waals surface area contributed by atoms with Gasteiger partial charge < -0.3 is 23.9 Å². The van der Waals surface area contributed by atoms with Crippen LogP contribution in [0.25, 0.3) is 11.3 Å². The van der Waals surface area contributed by atoms with Gasteiger partial charge in [0.05, 0.1) is 0 Å². The molecule has 0 radical (unpaired) electrons. The molecule has 8 heteroatoms. The van der Waals surface area contributed by atoms with E-state index in [1.807, 2.05) is 18.2 Å². The first kappa shape index (κ1) is 22.1. The molecule has 1 aliphatic rings. The van der Waals surface area contributed by atoms with Crippen LogP contribution in [0.5, 0.6) is 11.5 Å². The number of carbonyl (C=O) groups is 3. The normalized spacial score (nSPS) is 12.2. The Morgan fingerprint density at radius 1 is 0.939 bits per heavy atom. The molecule has 0 unspecified atom stereocenters. The Morgan fingerprint density at radius 3 is 2.45 bits per heavy atom.